The number of carbonyl (C=O) groups excluding carboxylic acids is 2. The summed E-state index contributed by atoms with van der Waals surface area (Å²) in [4.78, 5) is 26.7. The molecule has 0 aromatic heterocycles. The first-order valence-electron chi connectivity index (χ1n) is 7.28. The van der Waals surface area contributed by atoms with Crippen LogP contribution in [0.2, 0.25) is 0 Å². The van der Waals surface area contributed by atoms with Gasteiger partial charge in [-0.25, -0.2) is 0 Å². The van der Waals surface area contributed by atoms with E-state index >= 15 is 0 Å². The highest BCUT2D eigenvalue weighted by Gasteiger charge is 2.55. The smallest absolute Gasteiger partial charge is 0.233 e. The van der Waals surface area contributed by atoms with Crippen molar-refractivity contribution in [1.29, 1.82) is 0 Å². The highest BCUT2D eigenvalue weighted by molar-refractivity contribution is 6.06. The van der Waals surface area contributed by atoms with Crippen molar-refractivity contribution in [1.82, 2.24) is 4.90 Å². The van der Waals surface area contributed by atoms with E-state index in [9.17, 15) is 9.59 Å². The van der Waals surface area contributed by atoms with Crippen LogP contribution in [-0.2, 0) is 9.59 Å². The lowest BCUT2D eigenvalue weighted by Gasteiger charge is -2.36. The Kier molecular flexibility index (Phi) is 2.93. The van der Waals surface area contributed by atoms with E-state index in [1.54, 1.807) is 4.90 Å². The molecule has 0 aromatic carbocycles. The van der Waals surface area contributed by atoms with Gasteiger partial charge in [0.25, 0.3) is 0 Å². The van der Waals surface area contributed by atoms with Gasteiger partial charge in [-0.05, 0) is 25.7 Å². The number of amides is 2. The SMILES string of the molecule is NCC1(N2C(=O)C3CCCCC3C2=O)CCCC1. The summed E-state index contributed by atoms with van der Waals surface area (Å²) < 4.78 is 0. The lowest BCUT2D eigenvalue weighted by Crippen LogP contribution is -2.55. The van der Waals surface area contributed by atoms with Crippen LogP contribution in [0.15, 0.2) is 0 Å². The summed E-state index contributed by atoms with van der Waals surface area (Å²) >= 11 is 0. The second-order valence-electron chi connectivity index (χ2n) is 6.14. The summed E-state index contributed by atoms with van der Waals surface area (Å²) in [5, 5.41) is 0. The van der Waals surface area contributed by atoms with Gasteiger partial charge < -0.3 is 5.73 Å². The standard InChI is InChI=1S/C14H22N2O2/c15-9-14(7-3-4-8-14)16-12(17)10-5-1-2-6-11(10)13(16)18/h10-11H,1-9,15H2. The average molecular weight is 250 g/mol. The van der Waals surface area contributed by atoms with Gasteiger partial charge in [-0.15, -0.1) is 0 Å². The summed E-state index contributed by atoms with van der Waals surface area (Å²) in [7, 11) is 0. The van der Waals surface area contributed by atoms with E-state index in [0.717, 1.165) is 51.4 Å². The minimum Gasteiger partial charge on any atom is -0.328 e. The molecule has 4 nitrogen and oxygen atoms in total. The Labute approximate surface area is 108 Å². The molecule has 0 radical (unpaired) electrons. The Morgan fingerprint density at radius 2 is 1.50 bits per heavy atom. The molecule has 1 aliphatic heterocycles. The van der Waals surface area contributed by atoms with Crippen molar-refractivity contribution < 1.29 is 9.59 Å². The summed E-state index contributed by atoms with van der Waals surface area (Å²) in [5.41, 5.74) is 5.57. The van der Waals surface area contributed by atoms with E-state index in [4.69, 9.17) is 5.73 Å². The lowest BCUT2D eigenvalue weighted by atomic mass is 9.81. The van der Waals surface area contributed by atoms with Crippen molar-refractivity contribution in [3.63, 3.8) is 0 Å². The molecule has 4 heteroatoms. The molecule has 18 heavy (non-hydrogen) atoms. The van der Waals surface area contributed by atoms with Crippen LogP contribution < -0.4 is 5.73 Å². The van der Waals surface area contributed by atoms with Crippen molar-refractivity contribution in [2.75, 3.05) is 6.54 Å². The minimum absolute atomic E-state index is 0.0322. The fourth-order valence-corrected chi connectivity index (χ4v) is 4.18. The zero-order valence-electron chi connectivity index (χ0n) is 10.9. The van der Waals surface area contributed by atoms with Crippen molar-refractivity contribution in [3.05, 3.63) is 0 Å². The van der Waals surface area contributed by atoms with Crippen molar-refractivity contribution in [3.8, 4) is 0 Å². The van der Waals surface area contributed by atoms with Crippen LogP contribution in [0.1, 0.15) is 51.4 Å². The van der Waals surface area contributed by atoms with Crippen LogP contribution >= 0.6 is 0 Å². The van der Waals surface area contributed by atoms with E-state index in [2.05, 4.69) is 0 Å². The predicted molar refractivity (Wildman–Crippen MR) is 67.6 cm³/mol. The Bertz CT molecular complexity index is 350. The number of nitrogens with zero attached hydrogens (tertiary/aromatic N) is 1. The lowest BCUT2D eigenvalue weighted by molar-refractivity contribution is -0.146. The predicted octanol–water partition coefficient (Wildman–Crippen LogP) is 1.43. The fraction of sp³-hybridized carbons (Fsp3) is 0.857. The second kappa shape index (κ2) is 4.34. The number of likely N-dealkylation sites (tertiary alicyclic amines) is 1. The molecular formula is C14H22N2O2. The molecule has 2 atom stereocenters. The van der Waals surface area contributed by atoms with Gasteiger partial charge in [0.1, 0.15) is 0 Å². The highest BCUT2D eigenvalue weighted by Crippen LogP contribution is 2.45. The molecule has 2 aliphatic carbocycles. The number of rotatable bonds is 2. The van der Waals surface area contributed by atoms with Crippen LogP contribution in [0.3, 0.4) is 0 Å². The zero-order chi connectivity index (χ0) is 12.8. The zero-order valence-corrected chi connectivity index (χ0v) is 10.9. The van der Waals surface area contributed by atoms with E-state index in [1.807, 2.05) is 0 Å². The van der Waals surface area contributed by atoms with Crippen LogP contribution in [-0.4, -0.2) is 28.8 Å². The number of nitrogens with two attached hydrogens (primary N) is 1. The van der Waals surface area contributed by atoms with Crippen molar-refractivity contribution in [2.24, 2.45) is 17.6 Å². The van der Waals surface area contributed by atoms with E-state index in [-0.39, 0.29) is 29.2 Å². The first kappa shape index (κ1) is 12.2. The molecule has 0 aromatic rings. The molecule has 2 saturated carbocycles. The third-order valence-electron chi connectivity index (χ3n) is 5.23. The van der Waals surface area contributed by atoms with E-state index < -0.39 is 0 Å². The number of carbonyl (C=O) groups is 2. The Balaban J connectivity index is 1.92. The molecule has 3 rings (SSSR count). The molecule has 3 fully saturated rings. The van der Waals surface area contributed by atoms with Gasteiger partial charge in [0.15, 0.2) is 0 Å². The third kappa shape index (κ3) is 1.54. The highest BCUT2D eigenvalue weighted by atomic mass is 16.2. The summed E-state index contributed by atoms with van der Waals surface area (Å²) in [6, 6.07) is 0. The molecule has 2 unspecified atom stereocenters. The Hall–Kier alpha value is -0.900. The molecule has 3 aliphatic rings. The monoisotopic (exact) mass is 250 g/mol. The maximum Gasteiger partial charge on any atom is 0.233 e. The Morgan fingerprint density at radius 3 is 1.94 bits per heavy atom. The molecule has 2 N–H and O–H groups in total. The summed E-state index contributed by atoms with van der Waals surface area (Å²) in [6.07, 6.45) is 7.94. The molecule has 1 saturated heterocycles. The Morgan fingerprint density at radius 1 is 1.00 bits per heavy atom. The van der Waals surface area contributed by atoms with Gasteiger partial charge in [0.05, 0.1) is 17.4 Å². The first-order valence-corrected chi connectivity index (χ1v) is 7.28. The quantitative estimate of drug-likeness (QED) is 0.754. The molecular weight excluding hydrogens is 228 g/mol. The van der Waals surface area contributed by atoms with Gasteiger partial charge >= 0.3 is 0 Å². The van der Waals surface area contributed by atoms with Crippen LogP contribution in [0.4, 0.5) is 0 Å². The fourth-order valence-electron chi connectivity index (χ4n) is 4.18. The molecule has 0 spiro atoms. The second-order valence-corrected chi connectivity index (χ2v) is 6.14. The van der Waals surface area contributed by atoms with Crippen LogP contribution in [0, 0.1) is 11.8 Å². The third-order valence-corrected chi connectivity index (χ3v) is 5.23. The molecule has 2 amide bonds. The first-order chi connectivity index (χ1) is 8.69. The number of hydrogen-bond acceptors (Lipinski definition) is 3. The van der Waals surface area contributed by atoms with Crippen molar-refractivity contribution in [2.45, 2.75) is 56.9 Å². The normalized spacial score (nSPS) is 35.1. The van der Waals surface area contributed by atoms with Crippen LogP contribution in [0.25, 0.3) is 0 Å². The molecule has 0 bridgehead atoms. The van der Waals surface area contributed by atoms with E-state index in [1.165, 1.54) is 0 Å². The van der Waals surface area contributed by atoms with Crippen LogP contribution in [0.5, 0.6) is 0 Å². The van der Waals surface area contributed by atoms with Gasteiger partial charge in [-0.1, -0.05) is 25.7 Å². The maximum atomic E-state index is 12.6. The van der Waals surface area contributed by atoms with Gasteiger partial charge in [-0.2, -0.15) is 0 Å². The summed E-state index contributed by atoms with van der Waals surface area (Å²) in [6.45, 7) is 0.434. The maximum absolute atomic E-state index is 12.6. The number of imide groups is 1. The van der Waals surface area contributed by atoms with Crippen molar-refractivity contribution >= 4 is 11.8 Å². The average Bonchev–Trinajstić information content (AvgIpc) is 2.96. The molecule has 1 heterocycles. The largest absolute Gasteiger partial charge is 0.328 e. The van der Waals surface area contributed by atoms with Gasteiger partial charge in [0, 0.05) is 6.54 Å². The number of hydrogen-bond donors (Lipinski definition) is 1. The van der Waals surface area contributed by atoms with E-state index in [0.29, 0.717) is 6.54 Å². The van der Waals surface area contributed by atoms with Gasteiger partial charge in [-0.3, -0.25) is 14.5 Å². The number of fused-ring (bicyclic) bond motifs is 1. The summed E-state index contributed by atoms with van der Waals surface area (Å²) in [5.74, 6) is 0.0969. The van der Waals surface area contributed by atoms with Gasteiger partial charge in [0.2, 0.25) is 11.8 Å². The topological polar surface area (TPSA) is 63.4 Å². The molecule has 100 valence electrons. The minimum atomic E-state index is -0.342.